The van der Waals surface area contributed by atoms with E-state index in [-0.39, 0.29) is 10.6 Å². The molecular weight excluding hydrogens is 374 g/mol. The highest BCUT2D eigenvalue weighted by Crippen LogP contribution is 2.31. The zero-order valence-corrected chi connectivity index (χ0v) is 16.7. The molecule has 144 valence electrons. The summed E-state index contributed by atoms with van der Waals surface area (Å²) in [4.78, 5) is 8.35. The standard InChI is InChI=1S/C21H21N3O3S/c1-4-5-19-15(2)12-18(14-23-19)24-28(25,26)21-13-17(6-7-20(21)27-3)16-8-10-22-11-9-16/h4-14,24H,1-3H3/b5-4-. The summed E-state index contributed by atoms with van der Waals surface area (Å²) < 4.78 is 34.0. The quantitative estimate of drug-likeness (QED) is 0.673. The van der Waals surface area contributed by atoms with E-state index in [9.17, 15) is 8.42 Å². The predicted molar refractivity (Wildman–Crippen MR) is 111 cm³/mol. The van der Waals surface area contributed by atoms with Gasteiger partial charge in [0, 0.05) is 12.4 Å². The van der Waals surface area contributed by atoms with E-state index in [4.69, 9.17) is 4.74 Å². The average Bonchev–Trinajstić information content (AvgIpc) is 2.70. The van der Waals surface area contributed by atoms with E-state index in [1.807, 2.05) is 44.2 Å². The maximum atomic E-state index is 13.0. The summed E-state index contributed by atoms with van der Waals surface area (Å²) in [6, 6.07) is 10.4. The Kier molecular flexibility index (Phi) is 5.75. The van der Waals surface area contributed by atoms with E-state index in [2.05, 4.69) is 14.7 Å². The zero-order chi connectivity index (χ0) is 20.1. The van der Waals surface area contributed by atoms with Crippen LogP contribution in [0.25, 0.3) is 17.2 Å². The lowest BCUT2D eigenvalue weighted by atomic mass is 10.1. The van der Waals surface area contributed by atoms with E-state index in [1.165, 1.54) is 13.3 Å². The molecule has 28 heavy (non-hydrogen) atoms. The number of anilines is 1. The van der Waals surface area contributed by atoms with E-state index in [0.717, 1.165) is 22.4 Å². The van der Waals surface area contributed by atoms with Crippen molar-refractivity contribution >= 4 is 21.8 Å². The number of ether oxygens (including phenoxy) is 1. The Labute approximate surface area is 165 Å². The number of allylic oxidation sites excluding steroid dienone is 1. The number of rotatable bonds is 6. The van der Waals surface area contributed by atoms with Crippen LogP contribution >= 0.6 is 0 Å². The van der Waals surface area contributed by atoms with Gasteiger partial charge in [0.05, 0.1) is 24.7 Å². The van der Waals surface area contributed by atoms with E-state index in [0.29, 0.717) is 5.69 Å². The third-order valence-electron chi connectivity index (χ3n) is 4.16. The van der Waals surface area contributed by atoms with Crippen molar-refractivity contribution in [3.8, 4) is 16.9 Å². The van der Waals surface area contributed by atoms with E-state index in [1.54, 1.807) is 30.6 Å². The van der Waals surface area contributed by atoms with Crippen LogP contribution in [0.2, 0.25) is 0 Å². The number of hydrogen-bond donors (Lipinski definition) is 1. The van der Waals surface area contributed by atoms with Crippen LogP contribution in [-0.4, -0.2) is 25.5 Å². The van der Waals surface area contributed by atoms with Gasteiger partial charge in [0.25, 0.3) is 10.0 Å². The first-order chi connectivity index (χ1) is 13.4. The van der Waals surface area contributed by atoms with Crippen LogP contribution in [0.5, 0.6) is 5.75 Å². The Morgan fingerprint density at radius 1 is 1.07 bits per heavy atom. The first-order valence-corrected chi connectivity index (χ1v) is 10.1. The summed E-state index contributed by atoms with van der Waals surface area (Å²) in [5, 5.41) is 0. The molecule has 3 aromatic rings. The molecule has 7 heteroatoms. The number of hydrogen-bond acceptors (Lipinski definition) is 5. The van der Waals surface area contributed by atoms with Crippen LogP contribution in [0.3, 0.4) is 0 Å². The van der Waals surface area contributed by atoms with Gasteiger partial charge in [-0.2, -0.15) is 0 Å². The van der Waals surface area contributed by atoms with Gasteiger partial charge < -0.3 is 4.74 Å². The fourth-order valence-corrected chi connectivity index (χ4v) is 4.02. The number of methoxy groups -OCH3 is 1. The minimum atomic E-state index is -3.88. The topological polar surface area (TPSA) is 81.2 Å². The second-order valence-corrected chi connectivity index (χ2v) is 7.78. The number of pyridine rings is 2. The molecule has 3 rings (SSSR count). The maximum Gasteiger partial charge on any atom is 0.265 e. The number of nitrogens with zero attached hydrogens (tertiary/aromatic N) is 2. The zero-order valence-electron chi connectivity index (χ0n) is 15.9. The van der Waals surface area contributed by atoms with Gasteiger partial charge in [-0.3, -0.25) is 14.7 Å². The third kappa shape index (κ3) is 4.20. The number of nitrogens with one attached hydrogen (secondary N) is 1. The minimum Gasteiger partial charge on any atom is -0.495 e. The molecular formula is C21H21N3O3S. The smallest absolute Gasteiger partial charge is 0.265 e. The summed E-state index contributed by atoms with van der Waals surface area (Å²) in [5.74, 6) is 0.264. The molecule has 0 aliphatic carbocycles. The molecule has 0 atom stereocenters. The lowest BCUT2D eigenvalue weighted by molar-refractivity contribution is 0.403. The van der Waals surface area contributed by atoms with Crippen LogP contribution in [0.15, 0.2) is 66.0 Å². The van der Waals surface area contributed by atoms with Gasteiger partial charge in [0.15, 0.2) is 0 Å². The molecule has 0 radical (unpaired) electrons. The van der Waals surface area contributed by atoms with Crippen molar-refractivity contribution in [2.45, 2.75) is 18.7 Å². The van der Waals surface area contributed by atoms with Gasteiger partial charge in [-0.25, -0.2) is 8.42 Å². The molecule has 0 saturated heterocycles. The Bertz CT molecular complexity index is 1110. The highest BCUT2D eigenvalue weighted by molar-refractivity contribution is 7.92. The maximum absolute atomic E-state index is 13.0. The molecule has 1 aromatic carbocycles. The number of aromatic nitrogens is 2. The van der Waals surface area contributed by atoms with Crippen molar-refractivity contribution in [3.05, 3.63) is 72.3 Å². The summed E-state index contributed by atoms with van der Waals surface area (Å²) >= 11 is 0. The molecule has 0 unspecified atom stereocenters. The van der Waals surface area contributed by atoms with Gasteiger partial charge in [0.1, 0.15) is 10.6 Å². The molecule has 2 heterocycles. The average molecular weight is 395 g/mol. The summed E-state index contributed by atoms with van der Waals surface area (Å²) in [6.07, 6.45) is 8.57. The summed E-state index contributed by atoms with van der Waals surface area (Å²) in [7, 11) is -2.43. The Morgan fingerprint density at radius 3 is 2.46 bits per heavy atom. The van der Waals surface area contributed by atoms with Gasteiger partial charge in [-0.1, -0.05) is 12.1 Å². The van der Waals surface area contributed by atoms with Gasteiger partial charge in [-0.15, -0.1) is 0 Å². The molecule has 6 nitrogen and oxygen atoms in total. The third-order valence-corrected chi connectivity index (χ3v) is 5.56. The molecule has 0 saturated carbocycles. The SMILES string of the molecule is C/C=C\c1ncc(NS(=O)(=O)c2cc(-c3ccncc3)ccc2OC)cc1C. The molecule has 1 N–H and O–H groups in total. The lowest BCUT2D eigenvalue weighted by Gasteiger charge is -2.14. The normalized spacial score (nSPS) is 11.5. The number of sulfonamides is 1. The molecule has 0 amide bonds. The number of aryl methyl sites for hydroxylation is 1. The lowest BCUT2D eigenvalue weighted by Crippen LogP contribution is -2.14. The molecule has 2 aromatic heterocycles. The van der Waals surface area contributed by atoms with Crippen molar-refractivity contribution in [3.63, 3.8) is 0 Å². The van der Waals surface area contributed by atoms with Crippen LogP contribution in [-0.2, 0) is 10.0 Å². The first-order valence-electron chi connectivity index (χ1n) is 8.65. The predicted octanol–water partition coefficient (Wildman–Crippen LogP) is 4.29. The van der Waals surface area contributed by atoms with Gasteiger partial charge in [-0.05, 0) is 66.9 Å². The fourth-order valence-electron chi connectivity index (χ4n) is 2.79. The second-order valence-electron chi connectivity index (χ2n) is 6.13. The van der Waals surface area contributed by atoms with Crippen molar-refractivity contribution in [1.82, 2.24) is 9.97 Å². The van der Waals surface area contributed by atoms with Crippen molar-refractivity contribution < 1.29 is 13.2 Å². The monoisotopic (exact) mass is 395 g/mol. The summed E-state index contributed by atoms with van der Waals surface area (Å²) in [5.41, 5.74) is 3.67. The molecule has 0 spiro atoms. The van der Waals surface area contributed by atoms with E-state index < -0.39 is 10.0 Å². The summed E-state index contributed by atoms with van der Waals surface area (Å²) in [6.45, 7) is 3.78. The molecule has 0 aliphatic heterocycles. The van der Waals surface area contributed by atoms with Crippen LogP contribution < -0.4 is 9.46 Å². The number of benzene rings is 1. The highest BCUT2D eigenvalue weighted by atomic mass is 32.2. The van der Waals surface area contributed by atoms with Crippen molar-refractivity contribution in [1.29, 1.82) is 0 Å². The van der Waals surface area contributed by atoms with Crippen LogP contribution in [0.1, 0.15) is 18.2 Å². The van der Waals surface area contributed by atoms with Crippen molar-refractivity contribution in [2.75, 3.05) is 11.8 Å². The van der Waals surface area contributed by atoms with Gasteiger partial charge >= 0.3 is 0 Å². The Hall–Kier alpha value is -3.19. The molecule has 0 fully saturated rings. The largest absolute Gasteiger partial charge is 0.495 e. The van der Waals surface area contributed by atoms with Gasteiger partial charge in [0.2, 0.25) is 0 Å². The fraction of sp³-hybridized carbons (Fsp3) is 0.143. The Morgan fingerprint density at radius 2 is 1.82 bits per heavy atom. The van der Waals surface area contributed by atoms with Crippen molar-refractivity contribution in [2.24, 2.45) is 0 Å². The molecule has 0 bridgehead atoms. The molecule has 0 aliphatic rings. The first kappa shape index (κ1) is 19.6. The second kappa shape index (κ2) is 8.22. The highest BCUT2D eigenvalue weighted by Gasteiger charge is 2.21. The van der Waals surface area contributed by atoms with E-state index >= 15 is 0 Å². The van der Waals surface area contributed by atoms with Crippen LogP contribution in [0, 0.1) is 6.92 Å². The van der Waals surface area contributed by atoms with Crippen LogP contribution in [0.4, 0.5) is 5.69 Å². The minimum absolute atomic E-state index is 0.0551. The Balaban J connectivity index is 2.00.